The van der Waals surface area contributed by atoms with E-state index in [9.17, 15) is 4.79 Å². The molecule has 0 spiro atoms. The molecule has 0 bridgehead atoms. The first kappa shape index (κ1) is 15.9. The van der Waals surface area contributed by atoms with Gasteiger partial charge in [0.1, 0.15) is 11.5 Å². The van der Waals surface area contributed by atoms with Gasteiger partial charge in [0, 0.05) is 22.7 Å². The fourth-order valence-electron chi connectivity index (χ4n) is 2.87. The molecule has 1 amide bonds. The Kier molecular flexibility index (Phi) is 4.35. The molecule has 1 aromatic heterocycles. The van der Waals surface area contributed by atoms with E-state index in [1.54, 1.807) is 6.08 Å². The quantitative estimate of drug-likeness (QED) is 0.481. The Morgan fingerprint density at radius 2 is 1.58 bits per heavy atom. The molecule has 0 unspecified atom stereocenters. The van der Waals surface area contributed by atoms with Crippen molar-refractivity contribution in [2.75, 3.05) is 5.32 Å². The van der Waals surface area contributed by atoms with Crippen molar-refractivity contribution in [3.63, 3.8) is 0 Å². The largest absolute Gasteiger partial charge is 0.457 e. The van der Waals surface area contributed by atoms with Gasteiger partial charge in [0.15, 0.2) is 0 Å². The number of anilines is 1. The molecule has 3 heteroatoms. The van der Waals surface area contributed by atoms with E-state index in [-0.39, 0.29) is 5.91 Å². The van der Waals surface area contributed by atoms with Gasteiger partial charge in [0.05, 0.1) is 0 Å². The van der Waals surface area contributed by atoms with Crippen molar-refractivity contribution in [3.05, 3.63) is 96.8 Å². The lowest BCUT2D eigenvalue weighted by Gasteiger charge is -2.06. The molecule has 0 aliphatic carbocycles. The number of carbonyl (C=O) groups excluding carboxylic acids is 1. The van der Waals surface area contributed by atoms with Crippen molar-refractivity contribution >= 4 is 28.4 Å². The van der Waals surface area contributed by atoms with Gasteiger partial charge in [-0.3, -0.25) is 4.79 Å². The summed E-state index contributed by atoms with van der Waals surface area (Å²) >= 11 is 0. The molecule has 0 saturated heterocycles. The van der Waals surface area contributed by atoms with Crippen LogP contribution in [-0.2, 0) is 4.79 Å². The van der Waals surface area contributed by atoms with Gasteiger partial charge in [0.25, 0.3) is 0 Å². The third-order valence-corrected chi connectivity index (χ3v) is 4.13. The molecule has 26 heavy (non-hydrogen) atoms. The van der Waals surface area contributed by atoms with E-state index >= 15 is 0 Å². The molecule has 3 aromatic carbocycles. The van der Waals surface area contributed by atoms with E-state index in [2.05, 4.69) is 5.32 Å². The van der Waals surface area contributed by atoms with E-state index in [0.717, 1.165) is 27.8 Å². The second kappa shape index (κ2) is 7.11. The highest BCUT2D eigenvalue weighted by Gasteiger charge is 2.05. The van der Waals surface area contributed by atoms with Crippen LogP contribution in [0, 0.1) is 0 Å². The zero-order valence-corrected chi connectivity index (χ0v) is 14.1. The summed E-state index contributed by atoms with van der Waals surface area (Å²) in [4.78, 5) is 12.3. The van der Waals surface area contributed by atoms with Crippen LogP contribution >= 0.6 is 0 Å². The van der Waals surface area contributed by atoms with Gasteiger partial charge >= 0.3 is 0 Å². The number of hydrogen-bond acceptors (Lipinski definition) is 2. The summed E-state index contributed by atoms with van der Waals surface area (Å²) < 4.78 is 5.77. The molecule has 4 aromatic rings. The Morgan fingerprint density at radius 3 is 2.46 bits per heavy atom. The van der Waals surface area contributed by atoms with E-state index in [1.807, 2.05) is 84.9 Å². The lowest BCUT2D eigenvalue weighted by atomic mass is 10.1. The van der Waals surface area contributed by atoms with Gasteiger partial charge in [0.2, 0.25) is 5.91 Å². The molecule has 1 N–H and O–H groups in total. The van der Waals surface area contributed by atoms with E-state index in [1.165, 1.54) is 6.08 Å². The molecular weight excluding hydrogens is 322 g/mol. The van der Waals surface area contributed by atoms with Gasteiger partial charge in [-0.05, 0) is 29.7 Å². The summed E-state index contributed by atoms with van der Waals surface area (Å²) in [6.45, 7) is 0. The number of hydrogen-bond donors (Lipinski definition) is 1. The smallest absolute Gasteiger partial charge is 0.248 e. The summed E-state index contributed by atoms with van der Waals surface area (Å²) in [6, 6.07) is 27.4. The van der Waals surface area contributed by atoms with Crippen LogP contribution in [0.1, 0.15) is 5.76 Å². The molecule has 0 radical (unpaired) electrons. The molecule has 1 heterocycles. The summed E-state index contributed by atoms with van der Waals surface area (Å²) in [5.74, 6) is 1.22. The van der Waals surface area contributed by atoms with Crippen LogP contribution < -0.4 is 5.32 Å². The van der Waals surface area contributed by atoms with E-state index in [4.69, 9.17) is 4.42 Å². The van der Waals surface area contributed by atoms with Gasteiger partial charge in [-0.15, -0.1) is 0 Å². The average Bonchev–Trinajstić information content (AvgIpc) is 3.17. The second-order valence-electron chi connectivity index (χ2n) is 5.92. The molecule has 126 valence electrons. The average molecular weight is 339 g/mol. The van der Waals surface area contributed by atoms with Crippen LogP contribution in [-0.4, -0.2) is 5.91 Å². The van der Waals surface area contributed by atoms with Crippen molar-refractivity contribution in [1.29, 1.82) is 0 Å². The summed E-state index contributed by atoms with van der Waals surface area (Å²) in [7, 11) is 0. The Morgan fingerprint density at radius 1 is 0.808 bits per heavy atom. The van der Waals surface area contributed by atoms with Crippen molar-refractivity contribution < 1.29 is 9.21 Å². The van der Waals surface area contributed by atoms with Crippen LogP contribution in [0.15, 0.2) is 95.4 Å². The topological polar surface area (TPSA) is 42.2 Å². The van der Waals surface area contributed by atoms with Crippen molar-refractivity contribution in [2.24, 2.45) is 0 Å². The minimum Gasteiger partial charge on any atom is -0.457 e. The van der Waals surface area contributed by atoms with Gasteiger partial charge in [-0.1, -0.05) is 66.7 Å². The van der Waals surface area contributed by atoms with Crippen LogP contribution in [0.2, 0.25) is 0 Å². The highest BCUT2D eigenvalue weighted by atomic mass is 16.3. The summed E-state index contributed by atoms with van der Waals surface area (Å²) in [6.07, 6.45) is 3.16. The fraction of sp³-hybridized carbons (Fsp3) is 0. The second-order valence-corrected chi connectivity index (χ2v) is 5.92. The maximum atomic E-state index is 12.3. The summed E-state index contributed by atoms with van der Waals surface area (Å²) in [5, 5.41) is 5.03. The molecule has 0 atom stereocenters. The third-order valence-electron chi connectivity index (χ3n) is 4.13. The highest BCUT2D eigenvalue weighted by Crippen LogP contribution is 2.24. The van der Waals surface area contributed by atoms with Crippen molar-refractivity contribution in [2.45, 2.75) is 0 Å². The van der Waals surface area contributed by atoms with Crippen molar-refractivity contribution in [1.82, 2.24) is 0 Å². The van der Waals surface area contributed by atoms with E-state index < -0.39 is 0 Å². The van der Waals surface area contributed by atoms with Gasteiger partial charge in [-0.2, -0.15) is 0 Å². The molecule has 0 saturated carbocycles. The molecule has 3 nitrogen and oxygen atoms in total. The number of carbonyl (C=O) groups is 1. The predicted molar refractivity (Wildman–Crippen MR) is 106 cm³/mol. The third kappa shape index (κ3) is 3.42. The first-order valence-corrected chi connectivity index (χ1v) is 8.42. The lowest BCUT2D eigenvalue weighted by molar-refractivity contribution is -0.111. The molecule has 0 aliphatic heterocycles. The minimum atomic E-state index is -0.195. The Bertz CT molecular complexity index is 1070. The van der Waals surface area contributed by atoms with Crippen LogP contribution in [0.4, 0.5) is 5.69 Å². The number of amides is 1. The molecular formula is C23H17NO2. The van der Waals surface area contributed by atoms with Crippen molar-refractivity contribution in [3.8, 4) is 11.3 Å². The number of benzene rings is 3. The SMILES string of the molecule is O=C(/C=C/c1ccc(-c2ccccc2)o1)Nc1cccc2ccccc12. The lowest BCUT2D eigenvalue weighted by Crippen LogP contribution is -2.07. The fourth-order valence-corrected chi connectivity index (χ4v) is 2.87. The van der Waals surface area contributed by atoms with Crippen LogP contribution in [0.25, 0.3) is 28.2 Å². The zero-order valence-electron chi connectivity index (χ0n) is 14.1. The maximum Gasteiger partial charge on any atom is 0.248 e. The Hall–Kier alpha value is -3.59. The number of furan rings is 1. The Labute approximate surface area is 151 Å². The first-order valence-electron chi connectivity index (χ1n) is 8.42. The number of fused-ring (bicyclic) bond motifs is 1. The predicted octanol–water partition coefficient (Wildman–Crippen LogP) is 5.75. The Balaban J connectivity index is 1.49. The monoisotopic (exact) mass is 339 g/mol. The molecule has 4 rings (SSSR count). The molecule has 0 aliphatic rings. The first-order chi connectivity index (χ1) is 12.8. The zero-order chi connectivity index (χ0) is 17.8. The van der Waals surface area contributed by atoms with Crippen LogP contribution in [0.5, 0.6) is 0 Å². The summed E-state index contributed by atoms with van der Waals surface area (Å²) in [5.41, 5.74) is 1.80. The van der Waals surface area contributed by atoms with Gasteiger partial charge in [-0.25, -0.2) is 0 Å². The highest BCUT2D eigenvalue weighted by molar-refractivity contribution is 6.07. The normalized spacial score (nSPS) is 11.1. The maximum absolute atomic E-state index is 12.3. The van der Waals surface area contributed by atoms with Gasteiger partial charge < -0.3 is 9.73 Å². The number of nitrogens with one attached hydrogen (secondary N) is 1. The number of rotatable bonds is 4. The van der Waals surface area contributed by atoms with Crippen LogP contribution in [0.3, 0.4) is 0 Å². The molecule has 0 fully saturated rings. The standard InChI is InChI=1S/C23H17NO2/c25-23(24-21-12-6-10-17-7-4-5-11-20(17)21)16-14-19-13-15-22(26-19)18-8-2-1-3-9-18/h1-16H,(H,24,25)/b16-14+. The van der Waals surface area contributed by atoms with E-state index in [0.29, 0.717) is 5.76 Å². The minimum absolute atomic E-state index is 0.195.